The zero-order valence-corrected chi connectivity index (χ0v) is 14.4. The lowest BCUT2D eigenvalue weighted by atomic mass is 10.1. The summed E-state index contributed by atoms with van der Waals surface area (Å²) in [5.74, 6) is -0.648. The van der Waals surface area contributed by atoms with Crippen LogP contribution >= 0.6 is 22.6 Å². The van der Waals surface area contributed by atoms with E-state index < -0.39 is 17.4 Å². The molecule has 9 heteroatoms. The van der Waals surface area contributed by atoms with Gasteiger partial charge < -0.3 is 10.1 Å². The highest BCUT2D eigenvalue weighted by Crippen LogP contribution is 2.27. The van der Waals surface area contributed by atoms with Gasteiger partial charge in [0, 0.05) is 32.5 Å². The molecule has 0 saturated heterocycles. The number of non-ortho nitro benzene ring substituents is 1. The lowest BCUT2D eigenvalue weighted by Gasteiger charge is -2.13. The molecule has 0 bridgehead atoms. The number of rotatable bonds is 5. The molecule has 2 rings (SSSR count). The number of ether oxygens (including phenoxy) is 1. The molecule has 0 aliphatic carbocycles. The third kappa shape index (κ3) is 4.37. The monoisotopic (exact) mass is 448 g/mol. The Morgan fingerprint density at radius 2 is 2.04 bits per heavy atom. The number of nitrogens with zero attached hydrogens (tertiary/aromatic N) is 1. The van der Waals surface area contributed by atoms with Gasteiger partial charge in [-0.1, -0.05) is 6.07 Å². The first-order valence-corrected chi connectivity index (χ1v) is 7.66. The molecule has 2 aromatic rings. The van der Waals surface area contributed by atoms with Gasteiger partial charge in [-0.3, -0.25) is 14.9 Å². The fourth-order valence-corrected chi connectivity index (χ4v) is 2.63. The van der Waals surface area contributed by atoms with E-state index >= 15 is 0 Å². The van der Waals surface area contributed by atoms with Crippen molar-refractivity contribution in [1.82, 2.24) is 0 Å². The minimum absolute atomic E-state index is 0.0589. The molecule has 0 heterocycles. The molecule has 0 atom stereocenters. The lowest BCUT2D eigenvalue weighted by molar-refractivity contribution is -0.385. The number of nitro benzene ring substituents is 1. The van der Waals surface area contributed by atoms with Crippen LogP contribution in [-0.4, -0.2) is 17.4 Å². The Balaban J connectivity index is 2.29. The molecule has 2 aromatic carbocycles. The SMILES string of the molecule is Cc1c(NC(=O)c2cc(I)cc([N+](=O)[O-])c2)cccc1OC(F)F. The maximum absolute atomic E-state index is 12.3. The van der Waals surface area contributed by atoms with Gasteiger partial charge in [-0.05, 0) is 47.7 Å². The summed E-state index contributed by atoms with van der Waals surface area (Å²) in [4.78, 5) is 22.6. The largest absolute Gasteiger partial charge is 0.434 e. The lowest BCUT2D eigenvalue weighted by Crippen LogP contribution is -2.14. The molecule has 0 aliphatic rings. The fraction of sp³-hybridized carbons (Fsp3) is 0.133. The molecule has 0 radical (unpaired) electrons. The molecule has 0 saturated carbocycles. The Bertz CT molecular complexity index is 799. The van der Waals surface area contributed by atoms with Crippen molar-refractivity contribution in [3.8, 4) is 5.75 Å². The van der Waals surface area contributed by atoms with Crippen molar-refractivity contribution in [2.75, 3.05) is 5.32 Å². The molecule has 126 valence electrons. The van der Waals surface area contributed by atoms with E-state index in [0.717, 1.165) is 6.07 Å². The standard InChI is InChI=1S/C15H11F2IN2O4/c1-8-12(3-2-4-13(8)24-15(16)17)19-14(21)9-5-10(18)7-11(6-9)20(22)23/h2-7,15H,1H3,(H,19,21). The van der Waals surface area contributed by atoms with Crippen molar-refractivity contribution in [3.05, 3.63) is 61.2 Å². The Morgan fingerprint density at radius 1 is 1.33 bits per heavy atom. The highest BCUT2D eigenvalue weighted by Gasteiger charge is 2.16. The summed E-state index contributed by atoms with van der Waals surface area (Å²) in [6.07, 6.45) is 0. The summed E-state index contributed by atoms with van der Waals surface area (Å²) in [6, 6.07) is 8.29. The van der Waals surface area contributed by atoms with Crippen LogP contribution in [0.15, 0.2) is 36.4 Å². The van der Waals surface area contributed by atoms with Gasteiger partial charge in [-0.2, -0.15) is 8.78 Å². The number of alkyl halides is 2. The van der Waals surface area contributed by atoms with Gasteiger partial charge in [0.15, 0.2) is 0 Å². The minimum atomic E-state index is -2.98. The number of benzene rings is 2. The maximum atomic E-state index is 12.3. The smallest absolute Gasteiger partial charge is 0.387 e. The van der Waals surface area contributed by atoms with E-state index in [0.29, 0.717) is 9.13 Å². The summed E-state index contributed by atoms with van der Waals surface area (Å²) >= 11 is 1.87. The van der Waals surface area contributed by atoms with Crippen molar-refractivity contribution in [2.24, 2.45) is 0 Å². The first kappa shape index (κ1) is 18.0. The summed E-state index contributed by atoms with van der Waals surface area (Å²) in [6.45, 7) is -1.46. The molecule has 0 unspecified atom stereocenters. The van der Waals surface area contributed by atoms with Gasteiger partial charge in [0.25, 0.3) is 11.6 Å². The Morgan fingerprint density at radius 3 is 2.67 bits per heavy atom. The van der Waals surface area contributed by atoms with Crippen molar-refractivity contribution in [1.29, 1.82) is 0 Å². The summed E-state index contributed by atoms with van der Waals surface area (Å²) in [5.41, 5.74) is 0.484. The Hall–Kier alpha value is -2.30. The summed E-state index contributed by atoms with van der Waals surface area (Å²) in [7, 11) is 0. The predicted octanol–water partition coefficient (Wildman–Crippen LogP) is 4.36. The topological polar surface area (TPSA) is 81.5 Å². The van der Waals surface area contributed by atoms with Gasteiger partial charge in [0.1, 0.15) is 5.75 Å². The second-order valence-corrected chi connectivity index (χ2v) is 5.96. The van der Waals surface area contributed by atoms with Crippen molar-refractivity contribution < 1.29 is 23.2 Å². The van der Waals surface area contributed by atoms with E-state index in [1.807, 2.05) is 22.6 Å². The molecular weight excluding hydrogens is 437 g/mol. The average molecular weight is 448 g/mol. The Kier molecular flexibility index (Phi) is 5.65. The van der Waals surface area contributed by atoms with Crippen LogP contribution in [-0.2, 0) is 0 Å². The normalized spacial score (nSPS) is 10.5. The fourth-order valence-electron chi connectivity index (χ4n) is 1.98. The first-order chi connectivity index (χ1) is 11.3. The van der Waals surface area contributed by atoms with Gasteiger partial charge in [0.2, 0.25) is 0 Å². The van der Waals surface area contributed by atoms with Crippen molar-refractivity contribution in [3.63, 3.8) is 0 Å². The quantitative estimate of drug-likeness (QED) is 0.419. The molecular formula is C15H11F2IN2O4. The minimum Gasteiger partial charge on any atom is -0.434 e. The average Bonchev–Trinajstić information content (AvgIpc) is 2.50. The van der Waals surface area contributed by atoms with Crippen LogP contribution in [0, 0.1) is 20.6 Å². The summed E-state index contributed by atoms with van der Waals surface area (Å²) in [5, 5.41) is 13.4. The third-order valence-corrected chi connectivity index (χ3v) is 3.73. The molecule has 24 heavy (non-hydrogen) atoms. The number of halogens is 3. The number of hydrogen-bond acceptors (Lipinski definition) is 4. The molecule has 1 amide bonds. The number of carbonyl (C=O) groups is 1. The highest BCUT2D eigenvalue weighted by molar-refractivity contribution is 14.1. The Labute approximate surface area is 149 Å². The third-order valence-electron chi connectivity index (χ3n) is 3.10. The number of nitro groups is 1. The number of nitrogens with one attached hydrogen (secondary N) is 1. The summed E-state index contributed by atoms with van der Waals surface area (Å²) < 4.78 is 29.6. The van der Waals surface area contributed by atoms with Gasteiger partial charge in [-0.25, -0.2) is 0 Å². The molecule has 0 spiro atoms. The van der Waals surface area contributed by atoms with E-state index in [4.69, 9.17) is 0 Å². The second kappa shape index (κ2) is 7.51. The number of hydrogen-bond donors (Lipinski definition) is 1. The van der Waals surface area contributed by atoms with Crippen LogP contribution in [0.5, 0.6) is 5.75 Å². The van der Waals surface area contributed by atoms with Gasteiger partial charge in [-0.15, -0.1) is 0 Å². The zero-order valence-electron chi connectivity index (χ0n) is 12.3. The molecule has 0 aromatic heterocycles. The van der Waals surface area contributed by atoms with Crippen molar-refractivity contribution in [2.45, 2.75) is 13.5 Å². The molecule has 1 N–H and O–H groups in total. The van der Waals surface area contributed by atoms with Crippen LogP contribution < -0.4 is 10.1 Å². The second-order valence-electron chi connectivity index (χ2n) is 4.72. The molecule has 6 nitrogen and oxygen atoms in total. The maximum Gasteiger partial charge on any atom is 0.387 e. The van der Waals surface area contributed by atoms with E-state index in [2.05, 4.69) is 10.1 Å². The number of amides is 1. The van der Waals surface area contributed by atoms with Gasteiger partial charge in [0.05, 0.1) is 4.92 Å². The number of anilines is 1. The van der Waals surface area contributed by atoms with Crippen LogP contribution in [0.4, 0.5) is 20.2 Å². The highest BCUT2D eigenvalue weighted by atomic mass is 127. The predicted molar refractivity (Wildman–Crippen MR) is 91.6 cm³/mol. The first-order valence-electron chi connectivity index (χ1n) is 6.58. The molecule has 0 aliphatic heterocycles. The van der Waals surface area contributed by atoms with Crippen LogP contribution in [0.2, 0.25) is 0 Å². The van der Waals surface area contributed by atoms with Gasteiger partial charge >= 0.3 is 6.61 Å². The van der Waals surface area contributed by atoms with E-state index in [1.165, 1.54) is 37.3 Å². The van der Waals surface area contributed by atoms with Crippen LogP contribution in [0.1, 0.15) is 15.9 Å². The van der Waals surface area contributed by atoms with Crippen LogP contribution in [0.3, 0.4) is 0 Å². The van der Waals surface area contributed by atoms with E-state index in [-0.39, 0.29) is 22.7 Å². The molecule has 0 fully saturated rings. The van der Waals surface area contributed by atoms with Crippen LogP contribution in [0.25, 0.3) is 0 Å². The van der Waals surface area contributed by atoms with E-state index in [9.17, 15) is 23.7 Å². The zero-order chi connectivity index (χ0) is 17.9. The van der Waals surface area contributed by atoms with Crippen molar-refractivity contribution >= 4 is 39.9 Å². The van der Waals surface area contributed by atoms with E-state index in [1.54, 1.807) is 0 Å². The number of carbonyl (C=O) groups excluding carboxylic acids is 1.